The van der Waals surface area contributed by atoms with Crippen molar-refractivity contribution in [3.05, 3.63) is 58.1 Å². The van der Waals surface area contributed by atoms with E-state index >= 15 is 0 Å². The average Bonchev–Trinajstić information content (AvgIpc) is 2.48. The smallest absolute Gasteiger partial charge is 0.156 e. The molecule has 0 atom stereocenters. The van der Waals surface area contributed by atoms with Gasteiger partial charge in [0.15, 0.2) is 5.75 Å². The molecule has 21 heavy (non-hydrogen) atoms. The number of hydrogen-bond acceptors (Lipinski definition) is 3. The maximum Gasteiger partial charge on any atom is 0.156 e. The highest BCUT2D eigenvalue weighted by Gasteiger charge is 2.06. The molecule has 0 amide bonds. The van der Waals surface area contributed by atoms with Crippen LogP contribution < -0.4 is 14.8 Å². The van der Waals surface area contributed by atoms with Gasteiger partial charge in [-0.25, -0.2) is 0 Å². The van der Waals surface area contributed by atoms with Crippen molar-refractivity contribution < 1.29 is 9.47 Å². The molecule has 112 valence electrons. The fourth-order valence-electron chi connectivity index (χ4n) is 1.83. The molecule has 0 fully saturated rings. The Labute approximate surface area is 134 Å². The first-order valence-corrected chi connectivity index (χ1v) is 7.39. The van der Waals surface area contributed by atoms with Gasteiger partial charge < -0.3 is 14.8 Å². The van der Waals surface area contributed by atoms with Gasteiger partial charge in [0.1, 0.15) is 19.0 Å². The van der Waals surface area contributed by atoms with Crippen LogP contribution in [0.4, 0.5) is 0 Å². The summed E-state index contributed by atoms with van der Waals surface area (Å²) in [6, 6.07) is 13.2. The van der Waals surface area contributed by atoms with Gasteiger partial charge in [0.05, 0.1) is 10.0 Å². The van der Waals surface area contributed by atoms with Crippen molar-refractivity contribution in [1.29, 1.82) is 0 Å². The Morgan fingerprint density at radius 1 is 0.905 bits per heavy atom. The van der Waals surface area contributed by atoms with E-state index in [1.807, 2.05) is 31.3 Å². The van der Waals surface area contributed by atoms with Crippen LogP contribution in [0.15, 0.2) is 42.5 Å². The van der Waals surface area contributed by atoms with Gasteiger partial charge in [-0.1, -0.05) is 41.4 Å². The van der Waals surface area contributed by atoms with Gasteiger partial charge in [0.2, 0.25) is 0 Å². The molecule has 3 nitrogen and oxygen atoms in total. The molecule has 0 unspecified atom stereocenters. The average molecular weight is 326 g/mol. The quantitative estimate of drug-likeness (QED) is 0.775. The van der Waals surface area contributed by atoms with E-state index in [4.69, 9.17) is 32.7 Å². The first-order valence-electron chi connectivity index (χ1n) is 6.64. The van der Waals surface area contributed by atoms with Gasteiger partial charge in [-0.15, -0.1) is 0 Å². The van der Waals surface area contributed by atoms with Crippen LogP contribution in [0.3, 0.4) is 0 Å². The third-order valence-corrected chi connectivity index (χ3v) is 3.42. The SMILES string of the molecule is CNCc1ccc(OCCOc2c(Cl)cccc2Cl)cc1. The van der Waals surface area contributed by atoms with Crippen molar-refractivity contribution in [1.82, 2.24) is 5.32 Å². The standard InChI is InChI=1S/C16H17Cl2NO2/c1-19-11-12-5-7-13(8-6-12)20-9-10-21-16-14(17)3-2-4-15(16)18/h2-8,19H,9-11H2,1H3. The monoisotopic (exact) mass is 325 g/mol. The number of para-hydroxylation sites is 1. The Morgan fingerprint density at radius 3 is 2.14 bits per heavy atom. The number of ether oxygens (including phenoxy) is 2. The normalized spacial score (nSPS) is 10.4. The molecule has 2 aromatic carbocycles. The summed E-state index contributed by atoms with van der Waals surface area (Å²) in [6.45, 7) is 1.64. The summed E-state index contributed by atoms with van der Waals surface area (Å²) in [7, 11) is 1.92. The third kappa shape index (κ3) is 4.81. The van der Waals surface area contributed by atoms with Crippen molar-refractivity contribution in [2.24, 2.45) is 0 Å². The van der Waals surface area contributed by atoms with Crippen LogP contribution in [-0.2, 0) is 6.54 Å². The van der Waals surface area contributed by atoms with E-state index in [2.05, 4.69) is 5.32 Å². The molecule has 0 spiro atoms. The van der Waals surface area contributed by atoms with Crippen LogP contribution in [0.1, 0.15) is 5.56 Å². The molecule has 0 saturated heterocycles. The third-order valence-electron chi connectivity index (χ3n) is 2.82. The summed E-state index contributed by atoms with van der Waals surface area (Å²) >= 11 is 12.0. The van der Waals surface area contributed by atoms with Crippen molar-refractivity contribution in [3.63, 3.8) is 0 Å². The lowest BCUT2D eigenvalue weighted by Gasteiger charge is -2.11. The molecular weight excluding hydrogens is 309 g/mol. The van der Waals surface area contributed by atoms with E-state index in [0.717, 1.165) is 12.3 Å². The minimum atomic E-state index is 0.377. The Balaban J connectivity index is 1.79. The minimum Gasteiger partial charge on any atom is -0.490 e. The van der Waals surface area contributed by atoms with E-state index in [9.17, 15) is 0 Å². The van der Waals surface area contributed by atoms with Crippen LogP contribution >= 0.6 is 23.2 Å². The maximum absolute atomic E-state index is 6.02. The van der Waals surface area contributed by atoms with E-state index in [1.54, 1.807) is 18.2 Å². The van der Waals surface area contributed by atoms with E-state index < -0.39 is 0 Å². The fourth-order valence-corrected chi connectivity index (χ4v) is 2.34. The van der Waals surface area contributed by atoms with Crippen LogP contribution in [-0.4, -0.2) is 20.3 Å². The second-order valence-electron chi connectivity index (χ2n) is 4.42. The van der Waals surface area contributed by atoms with Crippen LogP contribution in [0, 0.1) is 0 Å². The molecule has 0 bridgehead atoms. The number of nitrogens with one attached hydrogen (secondary N) is 1. The van der Waals surface area contributed by atoms with Crippen molar-refractivity contribution in [2.75, 3.05) is 20.3 Å². The van der Waals surface area contributed by atoms with Gasteiger partial charge in [-0.3, -0.25) is 0 Å². The molecular formula is C16H17Cl2NO2. The molecule has 1 N–H and O–H groups in total. The predicted octanol–water partition coefficient (Wildman–Crippen LogP) is 4.17. The van der Waals surface area contributed by atoms with Crippen molar-refractivity contribution in [3.8, 4) is 11.5 Å². The molecule has 0 radical (unpaired) electrons. The highest BCUT2D eigenvalue weighted by atomic mass is 35.5. The first-order chi connectivity index (χ1) is 10.2. The molecule has 2 aromatic rings. The summed E-state index contributed by atoms with van der Waals surface area (Å²) in [4.78, 5) is 0. The van der Waals surface area contributed by atoms with E-state index in [0.29, 0.717) is 29.0 Å². The molecule has 0 aliphatic carbocycles. The topological polar surface area (TPSA) is 30.5 Å². The molecule has 0 saturated carbocycles. The lowest BCUT2D eigenvalue weighted by molar-refractivity contribution is 0.217. The highest BCUT2D eigenvalue weighted by molar-refractivity contribution is 6.37. The van der Waals surface area contributed by atoms with Gasteiger partial charge >= 0.3 is 0 Å². The molecule has 5 heteroatoms. The number of rotatable bonds is 7. The second kappa shape index (κ2) is 8.13. The lowest BCUT2D eigenvalue weighted by Crippen LogP contribution is -2.09. The Bertz CT molecular complexity index is 553. The second-order valence-corrected chi connectivity index (χ2v) is 5.24. The van der Waals surface area contributed by atoms with Crippen LogP contribution in [0.25, 0.3) is 0 Å². The Morgan fingerprint density at radius 2 is 1.52 bits per heavy atom. The van der Waals surface area contributed by atoms with Crippen molar-refractivity contribution >= 4 is 23.2 Å². The van der Waals surface area contributed by atoms with Gasteiger partial charge in [-0.2, -0.15) is 0 Å². The van der Waals surface area contributed by atoms with Crippen molar-refractivity contribution in [2.45, 2.75) is 6.54 Å². The molecule has 0 aliphatic rings. The highest BCUT2D eigenvalue weighted by Crippen LogP contribution is 2.32. The van der Waals surface area contributed by atoms with Crippen LogP contribution in [0.2, 0.25) is 10.0 Å². The number of halogens is 2. The lowest BCUT2D eigenvalue weighted by atomic mass is 10.2. The summed E-state index contributed by atoms with van der Waals surface area (Å²) < 4.78 is 11.2. The molecule has 0 aliphatic heterocycles. The largest absolute Gasteiger partial charge is 0.490 e. The zero-order chi connectivity index (χ0) is 15.1. The summed E-state index contributed by atoms with van der Waals surface area (Å²) in [5, 5.41) is 4.10. The van der Waals surface area contributed by atoms with Gasteiger partial charge in [0, 0.05) is 6.54 Å². The van der Waals surface area contributed by atoms with Gasteiger partial charge in [-0.05, 0) is 36.9 Å². The Kier molecular flexibility index (Phi) is 6.18. The number of hydrogen-bond donors (Lipinski definition) is 1. The zero-order valence-electron chi connectivity index (χ0n) is 11.7. The molecule has 0 aromatic heterocycles. The maximum atomic E-state index is 6.02. The minimum absolute atomic E-state index is 0.377. The molecule has 0 heterocycles. The summed E-state index contributed by atoms with van der Waals surface area (Å²) in [5.74, 6) is 1.30. The number of benzene rings is 2. The molecule has 2 rings (SSSR count). The van der Waals surface area contributed by atoms with E-state index in [-0.39, 0.29) is 0 Å². The summed E-state index contributed by atoms with van der Waals surface area (Å²) in [6.07, 6.45) is 0. The van der Waals surface area contributed by atoms with E-state index in [1.165, 1.54) is 5.56 Å². The predicted molar refractivity (Wildman–Crippen MR) is 86.7 cm³/mol. The summed E-state index contributed by atoms with van der Waals surface area (Å²) in [5.41, 5.74) is 1.21. The van der Waals surface area contributed by atoms with Crippen LogP contribution in [0.5, 0.6) is 11.5 Å². The fraction of sp³-hybridized carbons (Fsp3) is 0.250. The zero-order valence-corrected chi connectivity index (χ0v) is 13.2. The van der Waals surface area contributed by atoms with Gasteiger partial charge in [0.25, 0.3) is 0 Å². The first kappa shape index (κ1) is 16.0. The Hall–Kier alpha value is -1.42.